The third kappa shape index (κ3) is 3.05. The molecule has 0 unspecified atom stereocenters. The number of benzene rings is 1. The van der Waals surface area contributed by atoms with Gasteiger partial charge in [0.05, 0.1) is 11.1 Å². The van der Waals surface area contributed by atoms with Crippen molar-refractivity contribution < 1.29 is 8.42 Å². The normalized spacial score (nSPS) is 12.0. The zero-order valence-electron chi connectivity index (χ0n) is 10.6. The highest BCUT2D eigenvalue weighted by Crippen LogP contribution is 2.24. The van der Waals surface area contributed by atoms with Gasteiger partial charge in [0.25, 0.3) is 0 Å². The fraction of sp³-hybridized carbons (Fsp3) is 0.250. The molecule has 0 bridgehead atoms. The van der Waals surface area contributed by atoms with Crippen molar-refractivity contribution >= 4 is 26.0 Å². The molecule has 0 saturated heterocycles. The van der Waals surface area contributed by atoms with Crippen molar-refractivity contribution in [1.29, 1.82) is 0 Å². The van der Waals surface area contributed by atoms with Crippen LogP contribution in [0.25, 0.3) is 0 Å². The molecule has 0 aliphatic rings. The number of aromatic nitrogens is 2. The van der Waals surface area contributed by atoms with Crippen molar-refractivity contribution in [1.82, 2.24) is 14.1 Å². The molecule has 0 atom stereocenters. The van der Waals surface area contributed by atoms with Crippen LogP contribution in [0.1, 0.15) is 5.56 Å². The van der Waals surface area contributed by atoms with E-state index in [9.17, 15) is 8.42 Å². The molecule has 0 amide bonds. The van der Waals surface area contributed by atoms with Crippen molar-refractivity contribution in [3.63, 3.8) is 0 Å². The second kappa shape index (κ2) is 5.44. The van der Waals surface area contributed by atoms with Gasteiger partial charge in [-0.3, -0.25) is 4.68 Å². The number of nitrogens with zero attached hydrogens (tertiary/aromatic N) is 3. The zero-order chi connectivity index (χ0) is 14.0. The summed E-state index contributed by atoms with van der Waals surface area (Å²) in [6, 6.07) is 6.78. The Morgan fingerprint density at radius 1 is 1.37 bits per heavy atom. The standard InChI is InChI=1S/C12H14BrN3O2S/c1-15-8-10(7-14-15)9-16(2)19(17,18)12-6-4-3-5-11(12)13/h3-8H,9H2,1-2H3. The van der Waals surface area contributed by atoms with Crippen molar-refractivity contribution in [3.05, 3.63) is 46.7 Å². The van der Waals surface area contributed by atoms with E-state index in [2.05, 4.69) is 21.0 Å². The molecule has 0 saturated carbocycles. The Hall–Kier alpha value is -1.18. The van der Waals surface area contributed by atoms with Gasteiger partial charge in [-0.1, -0.05) is 12.1 Å². The van der Waals surface area contributed by atoms with Gasteiger partial charge in [-0.2, -0.15) is 9.40 Å². The van der Waals surface area contributed by atoms with Crippen LogP contribution in [0.4, 0.5) is 0 Å². The maximum atomic E-state index is 12.4. The smallest absolute Gasteiger partial charge is 0.244 e. The zero-order valence-corrected chi connectivity index (χ0v) is 13.0. The molecule has 7 heteroatoms. The molecular weight excluding hydrogens is 330 g/mol. The van der Waals surface area contributed by atoms with E-state index in [-0.39, 0.29) is 11.4 Å². The fourth-order valence-electron chi connectivity index (χ4n) is 1.72. The van der Waals surface area contributed by atoms with Gasteiger partial charge < -0.3 is 0 Å². The number of hydrogen-bond donors (Lipinski definition) is 0. The first-order valence-corrected chi connectivity index (χ1v) is 7.83. The summed E-state index contributed by atoms with van der Waals surface area (Å²) in [7, 11) is -0.154. The molecule has 1 aromatic heterocycles. The number of hydrogen-bond acceptors (Lipinski definition) is 3. The summed E-state index contributed by atoms with van der Waals surface area (Å²) in [5.74, 6) is 0. The largest absolute Gasteiger partial charge is 0.275 e. The van der Waals surface area contributed by atoms with Gasteiger partial charge in [0, 0.05) is 36.9 Å². The van der Waals surface area contributed by atoms with Crippen LogP contribution in [0.15, 0.2) is 46.0 Å². The Bertz CT molecular complexity index is 682. The Balaban J connectivity index is 2.27. The first-order valence-electron chi connectivity index (χ1n) is 5.59. The first-order chi connectivity index (χ1) is 8.91. The second-order valence-electron chi connectivity index (χ2n) is 4.21. The minimum Gasteiger partial charge on any atom is -0.275 e. The second-order valence-corrected chi connectivity index (χ2v) is 7.08. The fourth-order valence-corrected chi connectivity index (χ4v) is 3.84. The average Bonchev–Trinajstić information content (AvgIpc) is 2.75. The van der Waals surface area contributed by atoms with Crippen LogP contribution in [0.3, 0.4) is 0 Å². The van der Waals surface area contributed by atoms with E-state index in [4.69, 9.17) is 0 Å². The lowest BCUT2D eigenvalue weighted by Gasteiger charge is -2.17. The Labute approximate surface area is 121 Å². The monoisotopic (exact) mass is 343 g/mol. The summed E-state index contributed by atoms with van der Waals surface area (Å²) < 4.78 is 28.4. The lowest BCUT2D eigenvalue weighted by molar-refractivity contribution is 0.466. The lowest BCUT2D eigenvalue weighted by atomic mass is 10.4. The van der Waals surface area contributed by atoms with Crippen LogP contribution >= 0.6 is 15.9 Å². The number of halogens is 1. The van der Waals surface area contributed by atoms with E-state index in [1.165, 1.54) is 4.31 Å². The summed E-state index contributed by atoms with van der Waals surface area (Å²) in [5.41, 5.74) is 0.848. The Morgan fingerprint density at radius 3 is 2.63 bits per heavy atom. The van der Waals surface area contributed by atoms with Crippen molar-refractivity contribution in [2.45, 2.75) is 11.4 Å². The van der Waals surface area contributed by atoms with E-state index in [1.807, 2.05) is 0 Å². The minimum absolute atomic E-state index is 0.265. The molecule has 0 fully saturated rings. The Kier molecular flexibility index (Phi) is 4.07. The van der Waals surface area contributed by atoms with Crippen molar-refractivity contribution in [2.24, 2.45) is 7.05 Å². The van der Waals surface area contributed by atoms with Gasteiger partial charge in [0.2, 0.25) is 10.0 Å². The van der Waals surface area contributed by atoms with Crippen LogP contribution in [0.5, 0.6) is 0 Å². The molecule has 102 valence electrons. The molecule has 5 nitrogen and oxygen atoms in total. The Morgan fingerprint density at radius 2 is 2.05 bits per heavy atom. The van der Waals surface area contributed by atoms with Gasteiger partial charge in [-0.15, -0.1) is 0 Å². The predicted molar refractivity (Wildman–Crippen MR) is 76.0 cm³/mol. The molecule has 0 spiro atoms. The third-order valence-corrected chi connectivity index (χ3v) is 5.50. The quantitative estimate of drug-likeness (QED) is 0.853. The molecule has 2 aromatic rings. The SMILES string of the molecule is CN(Cc1cnn(C)c1)S(=O)(=O)c1ccccc1Br. The highest BCUT2D eigenvalue weighted by molar-refractivity contribution is 9.10. The van der Waals surface area contributed by atoms with E-state index in [0.29, 0.717) is 4.47 Å². The molecule has 0 N–H and O–H groups in total. The van der Waals surface area contributed by atoms with Gasteiger partial charge in [-0.25, -0.2) is 8.42 Å². The topological polar surface area (TPSA) is 55.2 Å². The molecular formula is C12H14BrN3O2S. The van der Waals surface area contributed by atoms with Crippen LogP contribution in [-0.4, -0.2) is 29.6 Å². The van der Waals surface area contributed by atoms with Gasteiger partial charge >= 0.3 is 0 Å². The van der Waals surface area contributed by atoms with Gasteiger partial charge in [-0.05, 0) is 28.1 Å². The summed E-state index contributed by atoms with van der Waals surface area (Å²) in [5, 5.41) is 4.03. The summed E-state index contributed by atoms with van der Waals surface area (Å²) in [4.78, 5) is 0.265. The predicted octanol–water partition coefficient (Wildman–Crippen LogP) is 2.00. The number of rotatable bonds is 4. The maximum absolute atomic E-state index is 12.4. The molecule has 0 aliphatic heterocycles. The van der Waals surface area contributed by atoms with Crippen LogP contribution in [0, 0.1) is 0 Å². The summed E-state index contributed by atoms with van der Waals surface area (Å²) in [6.07, 6.45) is 3.46. The van der Waals surface area contributed by atoms with Crippen LogP contribution in [0.2, 0.25) is 0 Å². The average molecular weight is 344 g/mol. The molecule has 1 heterocycles. The minimum atomic E-state index is -3.51. The highest BCUT2D eigenvalue weighted by Gasteiger charge is 2.23. The van der Waals surface area contributed by atoms with E-state index in [1.54, 1.807) is 55.4 Å². The van der Waals surface area contributed by atoms with Crippen molar-refractivity contribution in [2.75, 3.05) is 7.05 Å². The van der Waals surface area contributed by atoms with Gasteiger partial charge in [0.15, 0.2) is 0 Å². The maximum Gasteiger partial charge on any atom is 0.244 e. The summed E-state index contributed by atoms with van der Waals surface area (Å²) in [6.45, 7) is 0.289. The molecule has 0 aliphatic carbocycles. The third-order valence-electron chi connectivity index (χ3n) is 2.69. The van der Waals surface area contributed by atoms with Crippen molar-refractivity contribution in [3.8, 4) is 0 Å². The number of sulfonamides is 1. The highest BCUT2D eigenvalue weighted by atomic mass is 79.9. The van der Waals surface area contributed by atoms with Crippen LogP contribution < -0.4 is 0 Å². The van der Waals surface area contributed by atoms with E-state index >= 15 is 0 Å². The first kappa shape index (κ1) is 14.2. The molecule has 0 radical (unpaired) electrons. The molecule has 1 aromatic carbocycles. The van der Waals surface area contributed by atoms with E-state index < -0.39 is 10.0 Å². The lowest BCUT2D eigenvalue weighted by Crippen LogP contribution is -2.26. The number of aryl methyl sites for hydroxylation is 1. The molecule has 2 rings (SSSR count). The summed E-state index contributed by atoms with van der Waals surface area (Å²) >= 11 is 3.27. The molecule has 19 heavy (non-hydrogen) atoms. The van der Waals surface area contributed by atoms with Crippen LogP contribution in [-0.2, 0) is 23.6 Å². The van der Waals surface area contributed by atoms with E-state index in [0.717, 1.165) is 5.56 Å². The van der Waals surface area contributed by atoms with Gasteiger partial charge in [0.1, 0.15) is 0 Å².